The number of hydrogen-bond donors (Lipinski definition) is 1. The highest BCUT2D eigenvalue weighted by atomic mass is 32.1. The van der Waals surface area contributed by atoms with Gasteiger partial charge in [0, 0.05) is 29.4 Å². The molecule has 3 heteroatoms. The van der Waals surface area contributed by atoms with Gasteiger partial charge >= 0.3 is 0 Å². The first-order valence-electron chi connectivity index (χ1n) is 4.20. The Hall–Kier alpha value is -0.380. The fraction of sp³-hybridized carbons (Fsp3) is 0.556. The van der Waals surface area contributed by atoms with Crippen LogP contribution in [0.15, 0.2) is 12.1 Å². The van der Waals surface area contributed by atoms with E-state index >= 15 is 0 Å². The fourth-order valence-corrected chi connectivity index (χ4v) is 2.40. The largest absolute Gasteiger partial charge is 0.390 e. The summed E-state index contributed by atoms with van der Waals surface area (Å²) in [6.07, 6.45) is -0.0777. The molecule has 0 amide bonds. The average molecular weight is 183 g/mol. The first-order valence-corrected chi connectivity index (χ1v) is 5.01. The second-order valence-corrected chi connectivity index (χ2v) is 4.73. The molecule has 12 heavy (non-hydrogen) atoms. The van der Waals surface area contributed by atoms with Crippen LogP contribution in [0.25, 0.3) is 0 Å². The molecule has 66 valence electrons. The lowest BCUT2D eigenvalue weighted by atomic mass is 10.2. The van der Waals surface area contributed by atoms with Crippen molar-refractivity contribution >= 4 is 11.3 Å². The lowest BCUT2D eigenvalue weighted by Crippen LogP contribution is -2.49. The van der Waals surface area contributed by atoms with Crippen molar-refractivity contribution in [2.24, 2.45) is 0 Å². The topological polar surface area (TPSA) is 23.5 Å². The SMILES string of the molecule is Cc1ccc(CN2CC(O)C2)s1. The predicted octanol–water partition coefficient (Wildman–Crippen LogP) is 1.23. The highest BCUT2D eigenvalue weighted by Crippen LogP contribution is 2.19. The van der Waals surface area contributed by atoms with E-state index in [1.165, 1.54) is 9.75 Å². The molecule has 1 aliphatic rings. The lowest BCUT2D eigenvalue weighted by molar-refractivity contribution is -0.00228. The quantitative estimate of drug-likeness (QED) is 0.745. The Morgan fingerprint density at radius 1 is 1.58 bits per heavy atom. The van der Waals surface area contributed by atoms with Crippen molar-refractivity contribution in [2.75, 3.05) is 13.1 Å². The summed E-state index contributed by atoms with van der Waals surface area (Å²) in [5.41, 5.74) is 0. The van der Waals surface area contributed by atoms with Crippen molar-refractivity contribution in [2.45, 2.75) is 19.6 Å². The molecule has 1 saturated heterocycles. The van der Waals surface area contributed by atoms with Gasteiger partial charge in [0.15, 0.2) is 0 Å². The third-order valence-electron chi connectivity index (χ3n) is 2.11. The molecular formula is C9H13NOS. The molecule has 1 aromatic heterocycles. The van der Waals surface area contributed by atoms with Crippen LogP contribution >= 0.6 is 11.3 Å². The van der Waals surface area contributed by atoms with E-state index in [9.17, 15) is 0 Å². The molecule has 0 aromatic carbocycles. The molecule has 0 unspecified atom stereocenters. The van der Waals surface area contributed by atoms with Crippen molar-refractivity contribution in [1.29, 1.82) is 0 Å². The van der Waals surface area contributed by atoms with Crippen LogP contribution < -0.4 is 0 Å². The number of β-amino-alcohol motifs (C(OH)–C–C–N with tert-alkyl or cyclic N) is 1. The number of nitrogens with zero attached hydrogens (tertiary/aromatic N) is 1. The van der Waals surface area contributed by atoms with Crippen molar-refractivity contribution in [3.63, 3.8) is 0 Å². The first-order chi connectivity index (χ1) is 5.74. The van der Waals surface area contributed by atoms with Gasteiger partial charge in [-0.3, -0.25) is 4.90 Å². The maximum atomic E-state index is 9.06. The van der Waals surface area contributed by atoms with Crippen LogP contribution in [0.4, 0.5) is 0 Å². The first kappa shape index (κ1) is 8.23. The molecule has 2 heterocycles. The van der Waals surface area contributed by atoms with Gasteiger partial charge in [-0.1, -0.05) is 0 Å². The summed E-state index contributed by atoms with van der Waals surface area (Å²) in [5, 5.41) is 9.06. The number of likely N-dealkylation sites (tertiary alicyclic amines) is 1. The Kier molecular flexibility index (Phi) is 2.17. The number of aryl methyl sites for hydroxylation is 1. The number of aliphatic hydroxyl groups is 1. The van der Waals surface area contributed by atoms with Crippen LogP contribution in [0.3, 0.4) is 0 Å². The molecule has 1 fully saturated rings. The van der Waals surface area contributed by atoms with Crippen molar-refractivity contribution < 1.29 is 5.11 Å². The Morgan fingerprint density at radius 3 is 2.83 bits per heavy atom. The second kappa shape index (κ2) is 3.17. The predicted molar refractivity (Wildman–Crippen MR) is 50.3 cm³/mol. The van der Waals surface area contributed by atoms with Crippen LogP contribution in [0.2, 0.25) is 0 Å². The van der Waals surface area contributed by atoms with Crippen molar-refractivity contribution in [3.8, 4) is 0 Å². The molecular weight excluding hydrogens is 170 g/mol. The third-order valence-corrected chi connectivity index (χ3v) is 3.10. The molecule has 0 saturated carbocycles. The van der Waals surface area contributed by atoms with Crippen molar-refractivity contribution in [1.82, 2.24) is 4.90 Å². The molecule has 0 bridgehead atoms. The van der Waals surface area contributed by atoms with Crippen LogP contribution in [0, 0.1) is 6.92 Å². The summed E-state index contributed by atoms with van der Waals surface area (Å²) < 4.78 is 0. The van der Waals surface area contributed by atoms with Gasteiger partial charge in [-0.05, 0) is 19.1 Å². The zero-order valence-electron chi connectivity index (χ0n) is 7.16. The zero-order chi connectivity index (χ0) is 8.55. The lowest BCUT2D eigenvalue weighted by Gasteiger charge is -2.35. The minimum atomic E-state index is -0.0777. The van der Waals surface area contributed by atoms with E-state index in [0.29, 0.717) is 0 Å². The van der Waals surface area contributed by atoms with E-state index in [2.05, 4.69) is 24.0 Å². The van der Waals surface area contributed by atoms with Crippen molar-refractivity contribution in [3.05, 3.63) is 21.9 Å². The van der Waals surface area contributed by atoms with Gasteiger partial charge in [0.1, 0.15) is 0 Å². The minimum Gasteiger partial charge on any atom is -0.390 e. The van der Waals surface area contributed by atoms with Gasteiger partial charge in [0.25, 0.3) is 0 Å². The van der Waals surface area contributed by atoms with Crippen LogP contribution in [0.5, 0.6) is 0 Å². The number of rotatable bonds is 2. The highest BCUT2D eigenvalue weighted by Gasteiger charge is 2.24. The molecule has 0 aliphatic carbocycles. The molecule has 0 spiro atoms. The molecule has 1 aliphatic heterocycles. The average Bonchev–Trinajstić information content (AvgIpc) is 2.33. The van der Waals surface area contributed by atoms with Gasteiger partial charge in [0.2, 0.25) is 0 Å². The standard InChI is InChI=1S/C9H13NOS/c1-7-2-3-9(12-7)6-10-4-8(11)5-10/h2-3,8,11H,4-6H2,1H3. The molecule has 0 radical (unpaired) electrons. The van der Waals surface area contributed by atoms with Gasteiger partial charge < -0.3 is 5.11 Å². The fourth-order valence-electron chi connectivity index (χ4n) is 1.46. The maximum absolute atomic E-state index is 9.06. The summed E-state index contributed by atoms with van der Waals surface area (Å²) in [6.45, 7) is 4.82. The zero-order valence-corrected chi connectivity index (χ0v) is 7.97. The van der Waals surface area contributed by atoms with E-state index in [1.807, 2.05) is 11.3 Å². The molecule has 0 atom stereocenters. The summed E-state index contributed by atoms with van der Waals surface area (Å²) >= 11 is 1.84. The smallest absolute Gasteiger partial charge is 0.0794 e. The van der Waals surface area contributed by atoms with E-state index in [-0.39, 0.29) is 6.10 Å². The maximum Gasteiger partial charge on any atom is 0.0794 e. The van der Waals surface area contributed by atoms with E-state index in [4.69, 9.17) is 5.11 Å². The normalized spacial score (nSPS) is 19.5. The van der Waals surface area contributed by atoms with Gasteiger partial charge in [-0.2, -0.15) is 0 Å². The number of aliphatic hydroxyl groups excluding tert-OH is 1. The van der Waals surface area contributed by atoms with Gasteiger partial charge in [0.05, 0.1) is 6.10 Å². The molecule has 2 nitrogen and oxygen atoms in total. The van der Waals surface area contributed by atoms with Crippen LogP contribution in [-0.4, -0.2) is 29.2 Å². The van der Waals surface area contributed by atoms with E-state index in [1.54, 1.807) is 0 Å². The van der Waals surface area contributed by atoms with E-state index in [0.717, 1.165) is 19.6 Å². The number of thiophene rings is 1. The summed E-state index contributed by atoms with van der Waals surface area (Å²) in [5.74, 6) is 0. The third kappa shape index (κ3) is 1.68. The summed E-state index contributed by atoms with van der Waals surface area (Å²) in [6, 6.07) is 4.32. The Labute approximate surface area is 76.4 Å². The monoisotopic (exact) mass is 183 g/mol. The summed E-state index contributed by atoms with van der Waals surface area (Å²) in [4.78, 5) is 5.03. The molecule has 2 rings (SSSR count). The Bertz CT molecular complexity index is 265. The Balaban J connectivity index is 1.88. The summed E-state index contributed by atoms with van der Waals surface area (Å²) in [7, 11) is 0. The molecule has 1 aromatic rings. The van der Waals surface area contributed by atoms with Crippen LogP contribution in [0.1, 0.15) is 9.75 Å². The Morgan fingerprint density at radius 2 is 2.33 bits per heavy atom. The second-order valence-electron chi connectivity index (χ2n) is 3.36. The van der Waals surface area contributed by atoms with Gasteiger partial charge in [-0.25, -0.2) is 0 Å². The van der Waals surface area contributed by atoms with Crippen LogP contribution in [-0.2, 0) is 6.54 Å². The van der Waals surface area contributed by atoms with Gasteiger partial charge in [-0.15, -0.1) is 11.3 Å². The molecule has 1 N–H and O–H groups in total. The highest BCUT2D eigenvalue weighted by molar-refractivity contribution is 7.11. The van der Waals surface area contributed by atoms with E-state index < -0.39 is 0 Å². The number of hydrogen-bond acceptors (Lipinski definition) is 3. The minimum absolute atomic E-state index is 0.0777.